The summed E-state index contributed by atoms with van der Waals surface area (Å²) in [6.45, 7) is 5.10. The summed E-state index contributed by atoms with van der Waals surface area (Å²) in [6.07, 6.45) is 3.48. The topological polar surface area (TPSA) is 83.8 Å². The van der Waals surface area contributed by atoms with Crippen molar-refractivity contribution in [3.05, 3.63) is 28.8 Å². The molecule has 19 heavy (non-hydrogen) atoms. The molecular formula is C13H18N4OS. The van der Waals surface area contributed by atoms with Gasteiger partial charge in [-0.3, -0.25) is 4.79 Å². The van der Waals surface area contributed by atoms with Crippen LogP contribution in [0, 0.1) is 0 Å². The summed E-state index contributed by atoms with van der Waals surface area (Å²) in [5, 5.41) is 3.83. The molecule has 1 heterocycles. The number of fused-ring (bicyclic) bond motifs is 1. The Bertz CT molecular complexity index is 651. The third-order valence-electron chi connectivity index (χ3n) is 3.07. The van der Waals surface area contributed by atoms with E-state index in [-0.39, 0.29) is 10.3 Å². The molecule has 0 unspecified atom stereocenters. The average Bonchev–Trinajstić information content (AvgIpc) is 2.38. The molecular weight excluding hydrogens is 260 g/mol. The largest absolute Gasteiger partial charge is 0.397 e. The Hall–Kier alpha value is -1.69. The van der Waals surface area contributed by atoms with Crippen molar-refractivity contribution in [3.63, 3.8) is 0 Å². The lowest BCUT2D eigenvalue weighted by molar-refractivity contribution is 0.753. The molecule has 0 fully saturated rings. The first-order valence-electron chi connectivity index (χ1n) is 5.99. The Labute approximate surface area is 116 Å². The van der Waals surface area contributed by atoms with E-state index in [0.717, 1.165) is 12.2 Å². The fourth-order valence-corrected chi connectivity index (χ4v) is 1.88. The third kappa shape index (κ3) is 3.01. The zero-order chi connectivity index (χ0) is 14.0. The fraction of sp³-hybridized carbons (Fsp3) is 0.385. The number of aromatic nitrogens is 2. The van der Waals surface area contributed by atoms with Crippen LogP contribution >= 0.6 is 11.8 Å². The summed E-state index contributed by atoms with van der Waals surface area (Å²) in [5.74, 6) is 0. The van der Waals surface area contributed by atoms with Crippen LogP contribution in [0.3, 0.4) is 0 Å². The molecule has 0 spiro atoms. The van der Waals surface area contributed by atoms with Gasteiger partial charge in [0.25, 0.3) is 5.56 Å². The van der Waals surface area contributed by atoms with Gasteiger partial charge in [0, 0.05) is 11.3 Å². The number of hydrogen-bond donors (Lipinski definition) is 3. The number of nitrogens with one attached hydrogen (secondary N) is 2. The van der Waals surface area contributed by atoms with Crippen molar-refractivity contribution in [2.75, 3.05) is 23.9 Å². The van der Waals surface area contributed by atoms with E-state index in [1.54, 1.807) is 17.8 Å². The number of nitrogens with two attached hydrogens (primary N) is 1. The number of anilines is 2. The van der Waals surface area contributed by atoms with E-state index >= 15 is 0 Å². The second-order valence-electron chi connectivity index (χ2n) is 5.01. The lowest BCUT2D eigenvalue weighted by Crippen LogP contribution is -2.26. The van der Waals surface area contributed by atoms with Crippen molar-refractivity contribution in [2.45, 2.75) is 18.6 Å². The molecule has 2 rings (SSSR count). The minimum absolute atomic E-state index is 0.114. The number of rotatable bonds is 4. The molecule has 0 bridgehead atoms. The number of hydrogen-bond acceptors (Lipinski definition) is 5. The fourth-order valence-electron chi connectivity index (χ4n) is 1.67. The van der Waals surface area contributed by atoms with E-state index in [9.17, 15) is 4.79 Å². The summed E-state index contributed by atoms with van der Waals surface area (Å²) in [5.41, 5.74) is 7.82. The number of thioether (sulfide) groups is 1. The molecule has 0 saturated heterocycles. The van der Waals surface area contributed by atoms with Crippen molar-refractivity contribution >= 4 is 34.0 Å². The Morgan fingerprint density at radius 3 is 2.89 bits per heavy atom. The first-order chi connectivity index (χ1) is 8.93. The molecule has 0 atom stereocenters. The lowest BCUT2D eigenvalue weighted by atomic mass is 10.1. The molecule has 4 N–H and O–H groups in total. The van der Waals surface area contributed by atoms with E-state index in [4.69, 9.17) is 5.73 Å². The van der Waals surface area contributed by atoms with Crippen LogP contribution in [-0.4, -0.2) is 27.5 Å². The van der Waals surface area contributed by atoms with Gasteiger partial charge in [-0.2, -0.15) is 11.8 Å². The van der Waals surface area contributed by atoms with Gasteiger partial charge in [-0.05, 0) is 32.2 Å². The molecule has 6 heteroatoms. The highest BCUT2D eigenvalue weighted by molar-refractivity contribution is 7.99. The number of benzene rings is 1. The van der Waals surface area contributed by atoms with Crippen molar-refractivity contribution < 1.29 is 0 Å². The standard InChI is InChI=1S/C13H18N4OS/c1-13(2,19-3)6-15-11-5-10-8(4-9(11)14)12(18)17-7-16-10/h4-5,7,15H,6,14H2,1-3H3,(H,16,17,18). The van der Waals surface area contributed by atoms with Crippen molar-refractivity contribution in [1.29, 1.82) is 0 Å². The lowest BCUT2D eigenvalue weighted by Gasteiger charge is -2.23. The summed E-state index contributed by atoms with van der Waals surface area (Å²) < 4.78 is 0.114. The molecule has 2 aromatic rings. The van der Waals surface area contributed by atoms with Gasteiger partial charge in [-0.15, -0.1) is 0 Å². The highest BCUT2D eigenvalue weighted by Gasteiger charge is 2.16. The maximum Gasteiger partial charge on any atom is 0.258 e. The zero-order valence-corrected chi connectivity index (χ0v) is 12.1. The van der Waals surface area contributed by atoms with Gasteiger partial charge in [0.2, 0.25) is 0 Å². The SMILES string of the molecule is CSC(C)(C)CNc1cc2nc[nH]c(=O)c2cc1N. The zero-order valence-electron chi connectivity index (χ0n) is 11.3. The van der Waals surface area contributed by atoms with Crippen LogP contribution < -0.4 is 16.6 Å². The predicted molar refractivity (Wildman–Crippen MR) is 82.9 cm³/mol. The monoisotopic (exact) mass is 278 g/mol. The Balaban J connectivity index is 2.35. The normalized spacial score (nSPS) is 11.7. The molecule has 5 nitrogen and oxygen atoms in total. The van der Waals surface area contributed by atoms with Gasteiger partial charge >= 0.3 is 0 Å². The average molecular weight is 278 g/mol. The molecule has 0 aliphatic heterocycles. The highest BCUT2D eigenvalue weighted by Crippen LogP contribution is 2.26. The quantitative estimate of drug-likeness (QED) is 0.746. The van der Waals surface area contributed by atoms with Crippen LogP contribution in [-0.2, 0) is 0 Å². The number of nitrogens with zero attached hydrogens (tertiary/aromatic N) is 1. The summed E-state index contributed by atoms with van der Waals surface area (Å²) >= 11 is 1.78. The number of H-pyrrole nitrogens is 1. The molecule has 102 valence electrons. The minimum Gasteiger partial charge on any atom is -0.397 e. The Morgan fingerprint density at radius 1 is 1.47 bits per heavy atom. The first kappa shape index (κ1) is 13.7. The Kier molecular flexibility index (Phi) is 3.71. The number of aromatic amines is 1. The Morgan fingerprint density at radius 2 is 2.21 bits per heavy atom. The smallest absolute Gasteiger partial charge is 0.258 e. The minimum atomic E-state index is -0.173. The summed E-state index contributed by atoms with van der Waals surface area (Å²) in [7, 11) is 0. The molecule has 0 saturated carbocycles. The summed E-state index contributed by atoms with van der Waals surface area (Å²) in [6, 6.07) is 3.48. The maximum absolute atomic E-state index is 11.6. The molecule has 0 amide bonds. The third-order valence-corrected chi connectivity index (χ3v) is 4.32. The molecule has 0 radical (unpaired) electrons. The van der Waals surface area contributed by atoms with Crippen LogP contribution in [0.1, 0.15) is 13.8 Å². The van der Waals surface area contributed by atoms with Crippen LogP contribution in [0.25, 0.3) is 10.9 Å². The van der Waals surface area contributed by atoms with E-state index in [1.165, 1.54) is 6.33 Å². The van der Waals surface area contributed by atoms with E-state index in [2.05, 4.69) is 35.4 Å². The van der Waals surface area contributed by atoms with Gasteiger partial charge in [0.1, 0.15) is 0 Å². The molecule has 0 aliphatic carbocycles. The molecule has 1 aromatic heterocycles. The van der Waals surface area contributed by atoms with Crippen molar-refractivity contribution in [3.8, 4) is 0 Å². The first-order valence-corrected chi connectivity index (χ1v) is 7.21. The molecule has 1 aromatic carbocycles. The van der Waals surface area contributed by atoms with E-state index in [0.29, 0.717) is 16.6 Å². The van der Waals surface area contributed by atoms with Crippen LogP contribution in [0.2, 0.25) is 0 Å². The van der Waals surface area contributed by atoms with Gasteiger partial charge in [-0.1, -0.05) is 0 Å². The van der Waals surface area contributed by atoms with Gasteiger partial charge in [0.05, 0.1) is 28.6 Å². The van der Waals surface area contributed by atoms with Crippen LogP contribution in [0.15, 0.2) is 23.3 Å². The van der Waals surface area contributed by atoms with Crippen LogP contribution in [0.5, 0.6) is 0 Å². The highest BCUT2D eigenvalue weighted by atomic mass is 32.2. The number of nitrogen functional groups attached to an aromatic ring is 1. The van der Waals surface area contributed by atoms with Gasteiger partial charge in [0.15, 0.2) is 0 Å². The van der Waals surface area contributed by atoms with Crippen LogP contribution in [0.4, 0.5) is 11.4 Å². The molecule has 0 aliphatic rings. The van der Waals surface area contributed by atoms with E-state index in [1.807, 2.05) is 6.07 Å². The summed E-state index contributed by atoms with van der Waals surface area (Å²) in [4.78, 5) is 18.3. The van der Waals surface area contributed by atoms with Crippen molar-refractivity contribution in [1.82, 2.24) is 9.97 Å². The van der Waals surface area contributed by atoms with Gasteiger partial charge < -0.3 is 16.0 Å². The second-order valence-corrected chi connectivity index (χ2v) is 6.52. The van der Waals surface area contributed by atoms with E-state index < -0.39 is 0 Å². The predicted octanol–water partition coefficient (Wildman–Crippen LogP) is 2.06. The maximum atomic E-state index is 11.6. The van der Waals surface area contributed by atoms with Gasteiger partial charge in [-0.25, -0.2) is 4.98 Å². The second kappa shape index (κ2) is 5.13. The van der Waals surface area contributed by atoms with Crippen molar-refractivity contribution in [2.24, 2.45) is 0 Å².